The summed E-state index contributed by atoms with van der Waals surface area (Å²) >= 11 is 0. The van der Waals surface area contributed by atoms with Crippen molar-refractivity contribution < 1.29 is 23.5 Å². The molecule has 0 saturated carbocycles. The summed E-state index contributed by atoms with van der Waals surface area (Å²) in [6.45, 7) is 2.38. The summed E-state index contributed by atoms with van der Waals surface area (Å²) in [5.41, 5.74) is 1.77. The van der Waals surface area contributed by atoms with Gasteiger partial charge in [0.05, 0.1) is 18.9 Å². The van der Waals surface area contributed by atoms with Crippen LogP contribution in [0.3, 0.4) is 0 Å². The van der Waals surface area contributed by atoms with Gasteiger partial charge in [-0.15, -0.1) is 0 Å². The molecule has 1 aliphatic carbocycles. The van der Waals surface area contributed by atoms with E-state index in [0.29, 0.717) is 42.9 Å². The Morgan fingerprint density at radius 3 is 2.21 bits per heavy atom. The van der Waals surface area contributed by atoms with Crippen molar-refractivity contribution in [2.75, 3.05) is 18.1 Å². The molecule has 126 valence electrons. The summed E-state index contributed by atoms with van der Waals surface area (Å²) in [6, 6.07) is 4.18. The predicted octanol–water partition coefficient (Wildman–Crippen LogP) is 2.79. The van der Waals surface area contributed by atoms with Crippen molar-refractivity contribution in [2.45, 2.75) is 38.4 Å². The average molecular weight is 331 g/mol. The molecule has 0 radical (unpaired) electrons. The minimum atomic E-state index is -1.20. The third-order valence-corrected chi connectivity index (χ3v) is 4.93. The third-order valence-electron chi connectivity index (χ3n) is 4.93. The van der Waals surface area contributed by atoms with Crippen molar-refractivity contribution in [1.29, 1.82) is 0 Å². The Morgan fingerprint density at radius 1 is 1.04 bits per heavy atom. The molecule has 2 amide bonds. The highest BCUT2D eigenvalue weighted by Gasteiger charge is 2.41. The van der Waals surface area contributed by atoms with Gasteiger partial charge in [-0.05, 0) is 50.8 Å². The number of hydrogen-bond acceptors (Lipinski definition) is 4. The van der Waals surface area contributed by atoms with Crippen LogP contribution in [-0.4, -0.2) is 25.0 Å². The molecular formula is C18H18FNO4. The zero-order valence-corrected chi connectivity index (χ0v) is 13.4. The van der Waals surface area contributed by atoms with Gasteiger partial charge < -0.3 is 9.47 Å². The van der Waals surface area contributed by atoms with Crippen LogP contribution in [0, 0.1) is 5.82 Å². The Hall–Kier alpha value is -2.05. The van der Waals surface area contributed by atoms with E-state index in [0.717, 1.165) is 17.7 Å². The van der Waals surface area contributed by atoms with E-state index in [2.05, 4.69) is 0 Å². The molecule has 1 aromatic carbocycles. The second-order valence-corrected chi connectivity index (χ2v) is 6.42. The van der Waals surface area contributed by atoms with Crippen molar-refractivity contribution in [3.05, 3.63) is 40.7 Å². The number of nitrogens with zero attached hydrogens (tertiary/aromatic N) is 1. The van der Waals surface area contributed by atoms with Gasteiger partial charge in [0.15, 0.2) is 5.79 Å². The van der Waals surface area contributed by atoms with Crippen LogP contribution in [0.4, 0.5) is 10.1 Å². The normalized spacial score (nSPS) is 23.2. The summed E-state index contributed by atoms with van der Waals surface area (Å²) < 4.78 is 25.3. The van der Waals surface area contributed by atoms with Crippen LogP contribution in [0.5, 0.6) is 0 Å². The van der Waals surface area contributed by atoms with E-state index < -0.39 is 11.6 Å². The van der Waals surface area contributed by atoms with Crippen LogP contribution in [-0.2, 0) is 24.8 Å². The molecule has 0 bridgehead atoms. The zero-order valence-electron chi connectivity index (χ0n) is 13.4. The van der Waals surface area contributed by atoms with Crippen molar-refractivity contribution in [3.8, 4) is 0 Å². The second kappa shape index (κ2) is 5.50. The fourth-order valence-electron chi connectivity index (χ4n) is 3.64. The molecule has 1 aromatic rings. The lowest BCUT2D eigenvalue weighted by atomic mass is 9.93. The monoisotopic (exact) mass is 331 g/mol. The Bertz CT molecular complexity index is 736. The Balaban J connectivity index is 1.73. The van der Waals surface area contributed by atoms with Crippen LogP contribution in [0.1, 0.15) is 38.2 Å². The fourth-order valence-corrected chi connectivity index (χ4v) is 3.64. The Morgan fingerprint density at radius 2 is 1.62 bits per heavy atom. The maximum Gasteiger partial charge on any atom is 0.261 e. The molecule has 5 nitrogen and oxygen atoms in total. The molecule has 2 heterocycles. The molecule has 1 fully saturated rings. The number of anilines is 1. The Labute approximate surface area is 139 Å². The van der Waals surface area contributed by atoms with E-state index >= 15 is 0 Å². The number of hydrogen-bond donors (Lipinski definition) is 0. The van der Waals surface area contributed by atoms with Gasteiger partial charge in [0, 0.05) is 16.7 Å². The number of ether oxygens (including phenoxy) is 2. The van der Waals surface area contributed by atoms with Crippen LogP contribution >= 0.6 is 0 Å². The van der Waals surface area contributed by atoms with Gasteiger partial charge in [0.1, 0.15) is 5.82 Å². The maximum absolute atomic E-state index is 14.3. The highest BCUT2D eigenvalue weighted by Crippen LogP contribution is 2.39. The quantitative estimate of drug-likeness (QED) is 0.782. The van der Waals surface area contributed by atoms with E-state index in [9.17, 15) is 14.0 Å². The minimum absolute atomic E-state index is 0.197. The molecule has 0 unspecified atom stereocenters. The topological polar surface area (TPSA) is 55.8 Å². The lowest BCUT2D eigenvalue weighted by Gasteiger charge is -2.25. The first-order valence-corrected chi connectivity index (χ1v) is 8.20. The number of benzene rings is 1. The van der Waals surface area contributed by atoms with Crippen LogP contribution in [0.2, 0.25) is 0 Å². The Kier molecular flexibility index (Phi) is 3.54. The standard InChI is InChI=1S/C18H18FNO4/c1-18(23-8-9-24-18)14-10-11(6-7-15(14)19)20-16(21)12-4-2-3-5-13(12)17(20)22/h6-7,10H,2-5,8-9H2,1H3. The highest BCUT2D eigenvalue weighted by atomic mass is 19.1. The van der Waals surface area contributed by atoms with E-state index in [1.165, 1.54) is 18.2 Å². The van der Waals surface area contributed by atoms with Gasteiger partial charge in [-0.2, -0.15) is 0 Å². The van der Waals surface area contributed by atoms with E-state index in [1.807, 2.05) is 0 Å². The molecule has 3 aliphatic rings. The number of amides is 2. The van der Waals surface area contributed by atoms with Crippen molar-refractivity contribution in [1.82, 2.24) is 0 Å². The van der Waals surface area contributed by atoms with E-state index in [1.54, 1.807) is 6.92 Å². The highest BCUT2D eigenvalue weighted by molar-refractivity contribution is 6.33. The molecule has 6 heteroatoms. The number of rotatable bonds is 2. The maximum atomic E-state index is 14.3. The summed E-state index contributed by atoms with van der Waals surface area (Å²) in [5.74, 6) is -2.25. The molecule has 2 aliphatic heterocycles. The van der Waals surface area contributed by atoms with Crippen LogP contribution in [0.25, 0.3) is 0 Å². The largest absolute Gasteiger partial charge is 0.344 e. The molecule has 0 N–H and O–H groups in total. The SMILES string of the molecule is CC1(c2cc(N3C(=O)C4=C(CCCC4)C3=O)ccc2F)OCCO1. The second-order valence-electron chi connectivity index (χ2n) is 6.42. The van der Waals surface area contributed by atoms with Crippen molar-refractivity contribution in [2.24, 2.45) is 0 Å². The first kappa shape index (κ1) is 15.5. The van der Waals surface area contributed by atoms with Gasteiger partial charge in [-0.25, -0.2) is 9.29 Å². The summed E-state index contributed by atoms with van der Waals surface area (Å²) in [6.07, 6.45) is 3.10. The molecule has 0 atom stereocenters. The minimum Gasteiger partial charge on any atom is -0.344 e. The molecule has 0 spiro atoms. The zero-order chi connectivity index (χ0) is 16.9. The molecule has 0 aromatic heterocycles. The van der Waals surface area contributed by atoms with Gasteiger partial charge in [0.25, 0.3) is 11.8 Å². The lowest BCUT2D eigenvalue weighted by molar-refractivity contribution is -0.151. The smallest absolute Gasteiger partial charge is 0.261 e. The average Bonchev–Trinajstić information content (AvgIpc) is 3.13. The summed E-state index contributed by atoms with van der Waals surface area (Å²) in [5, 5.41) is 0. The number of imide groups is 1. The first-order valence-electron chi connectivity index (χ1n) is 8.20. The fraction of sp³-hybridized carbons (Fsp3) is 0.444. The third kappa shape index (κ3) is 2.21. The summed E-state index contributed by atoms with van der Waals surface area (Å²) in [4.78, 5) is 26.4. The van der Waals surface area contributed by atoms with Crippen molar-refractivity contribution in [3.63, 3.8) is 0 Å². The molecule has 4 rings (SSSR count). The van der Waals surface area contributed by atoms with Gasteiger partial charge in [0.2, 0.25) is 0 Å². The van der Waals surface area contributed by atoms with Crippen LogP contribution in [0.15, 0.2) is 29.3 Å². The molecule has 24 heavy (non-hydrogen) atoms. The lowest BCUT2D eigenvalue weighted by Crippen LogP contribution is -2.32. The van der Waals surface area contributed by atoms with Crippen molar-refractivity contribution >= 4 is 17.5 Å². The van der Waals surface area contributed by atoms with Gasteiger partial charge in [-0.3, -0.25) is 9.59 Å². The van der Waals surface area contributed by atoms with E-state index in [4.69, 9.17) is 9.47 Å². The first-order chi connectivity index (χ1) is 11.5. The molecule has 1 saturated heterocycles. The molecular weight excluding hydrogens is 313 g/mol. The number of halogens is 1. The van der Waals surface area contributed by atoms with Crippen LogP contribution < -0.4 is 4.90 Å². The predicted molar refractivity (Wildman–Crippen MR) is 83.6 cm³/mol. The van der Waals surface area contributed by atoms with E-state index in [-0.39, 0.29) is 17.4 Å². The number of carbonyl (C=O) groups excluding carboxylic acids is 2. The summed E-state index contributed by atoms with van der Waals surface area (Å²) in [7, 11) is 0. The number of carbonyl (C=O) groups is 2. The van der Waals surface area contributed by atoms with Gasteiger partial charge in [-0.1, -0.05) is 0 Å². The van der Waals surface area contributed by atoms with Gasteiger partial charge >= 0.3 is 0 Å².